The van der Waals surface area contributed by atoms with E-state index < -0.39 is 0 Å². The first-order valence-corrected chi connectivity index (χ1v) is 7.34. The smallest absolute Gasteiger partial charge is 0.141 e. The monoisotopic (exact) mass is 287 g/mol. The molecular weight excluding hydrogens is 265 g/mol. The van der Waals surface area contributed by atoms with Gasteiger partial charge in [-0.2, -0.15) is 0 Å². The topological polar surface area (TPSA) is 42.2 Å². The lowest BCUT2D eigenvalue weighted by Crippen LogP contribution is -2.33. The number of rotatable bonds is 7. The maximum absolute atomic E-state index is 13.1. The Bertz CT molecular complexity index is 527. The molecule has 2 rings (SSSR count). The number of aromatic nitrogens is 1. The highest BCUT2D eigenvalue weighted by Gasteiger charge is 2.19. The van der Waals surface area contributed by atoms with Gasteiger partial charge in [0, 0.05) is 19.6 Å². The summed E-state index contributed by atoms with van der Waals surface area (Å²) in [5.41, 5.74) is 7.89. The molecule has 1 unspecified atom stereocenters. The molecule has 1 atom stereocenters. The van der Waals surface area contributed by atoms with Crippen LogP contribution in [0.5, 0.6) is 0 Å². The second-order valence-electron chi connectivity index (χ2n) is 5.07. The average Bonchev–Trinajstić information content (AvgIpc) is 2.51. The zero-order chi connectivity index (χ0) is 15.1. The molecule has 4 heteroatoms. The summed E-state index contributed by atoms with van der Waals surface area (Å²) < 4.78 is 13.1. The molecule has 1 aromatic heterocycles. The van der Waals surface area contributed by atoms with Crippen LogP contribution in [-0.2, 0) is 6.54 Å². The first kappa shape index (κ1) is 15.6. The van der Waals surface area contributed by atoms with Crippen LogP contribution in [0.1, 0.15) is 30.6 Å². The maximum Gasteiger partial charge on any atom is 0.141 e. The third-order valence-corrected chi connectivity index (χ3v) is 3.56. The molecule has 2 aromatic rings. The maximum atomic E-state index is 13.1. The average molecular weight is 287 g/mol. The minimum absolute atomic E-state index is 0.148. The van der Waals surface area contributed by atoms with E-state index in [9.17, 15) is 4.39 Å². The van der Waals surface area contributed by atoms with Crippen molar-refractivity contribution < 1.29 is 4.39 Å². The molecule has 1 heterocycles. The number of pyridine rings is 1. The highest BCUT2D eigenvalue weighted by molar-refractivity contribution is 5.16. The third-order valence-electron chi connectivity index (χ3n) is 3.56. The zero-order valence-corrected chi connectivity index (χ0v) is 12.4. The molecular formula is C17H22FN3. The first-order valence-electron chi connectivity index (χ1n) is 7.34. The van der Waals surface area contributed by atoms with Crippen molar-refractivity contribution in [2.45, 2.75) is 25.9 Å². The second-order valence-corrected chi connectivity index (χ2v) is 5.07. The number of hydrogen-bond donors (Lipinski definition) is 1. The fraction of sp³-hybridized carbons (Fsp3) is 0.353. The van der Waals surface area contributed by atoms with Gasteiger partial charge in [0.25, 0.3) is 0 Å². The molecule has 1 aromatic carbocycles. The number of nitrogens with two attached hydrogens (primary N) is 1. The van der Waals surface area contributed by atoms with E-state index in [1.54, 1.807) is 6.07 Å². The number of hydrogen-bond acceptors (Lipinski definition) is 3. The normalized spacial score (nSPS) is 12.6. The number of nitrogens with zero attached hydrogens (tertiary/aromatic N) is 2. The van der Waals surface area contributed by atoms with Gasteiger partial charge in [0.2, 0.25) is 0 Å². The molecule has 0 radical (unpaired) electrons. The minimum Gasteiger partial charge on any atom is -0.329 e. The molecule has 0 aliphatic carbocycles. The van der Waals surface area contributed by atoms with Crippen molar-refractivity contribution in [3.05, 3.63) is 65.7 Å². The van der Waals surface area contributed by atoms with Crippen molar-refractivity contribution in [1.29, 1.82) is 0 Å². The van der Waals surface area contributed by atoms with Gasteiger partial charge in [-0.15, -0.1) is 0 Å². The van der Waals surface area contributed by atoms with Gasteiger partial charge < -0.3 is 5.73 Å². The number of benzene rings is 1. The van der Waals surface area contributed by atoms with Crippen LogP contribution in [-0.4, -0.2) is 23.0 Å². The largest absolute Gasteiger partial charge is 0.329 e. The fourth-order valence-corrected chi connectivity index (χ4v) is 2.57. The van der Waals surface area contributed by atoms with E-state index >= 15 is 0 Å². The van der Waals surface area contributed by atoms with Crippen LogP contribution in [0.2, 0.25) is 0 Å². The molecule has 0 spiro atoms. The molecule has 0 saturated carbocycles. The van der Waals surface area contributed by atoms with E-state index in [-0.39, 0.29) is 11.9 Å². The van der Waals surface area contributed by atoms with Crippen molar-refractivity contribution in [3.8, 4) is 0 Å². The highest BCUT2D eigenvalue weighted by Crippen LogP contribution is 2.24. The predicted molar refractivity (Wildman–Crippen MR) is 83.1 cm³/mol. The van der Waals surface area contributed by atoms with Crippen molar-refractivity contribution >= 4 is 0 Å². The summed E-state index contributed by atoms with van der Waals surface area (Å²) in [6.07, 6.45) is 2.19. The lowest BCUT2D eigenvalue weighted by Gasteiger charge is -2.30. The van der Waals surface area contributed by atoms with E-state index in [2.05, 4.69) is 28.9 Å². The fourth-order valence-electron chi connectivity index (χ4n) is 2.57. The van der Waals surface area contributed by atoms with E-state index in [4.69, 9.17) is 5.73 Å². The van der Waals surface area contributed by atoms with Gasteiger partial charge in [-0.05, 0) is 24.1 Å². The summed E-state index contributed by atoms with van der Waals surface area (Å²) in [4.78, 5) is 6.54. The lowest BCUT2D eigenvalue weighted by atomic mass is 10.1. The van der Waals surface area contributed by atoms with Gasteiger partial charge in [-0.25, -0.2) is 4.39 Å². The predicted octanol–water partition coefficient (Wildman–Crippen LogP) is 3.13. The molecule has 2 N–H and O–H groups in total. The van der Waals surface area contributed by atoms with Gasteiger partial charge in [0.05, 0.1) is 17.9 Å². The zero-order valence-electron chi connectivity index (χ0n) is 12.4. The molecule has 3 nitrogen and oxygen atoms in total. The highest BCUT2D eigenvalue weighted by atomic mass is 19.1. The Morgan fingerprint density at radius 3 is 2.52 bits per heavy atom. The second kappa shape index (κ2) is 7.86. The first-order chi connectivity index (χ1) is 10.2. The summed E-state index contributed by atoms with van der Waals surface area (Å²) in [5.74, 6) is -0.304. The molecule has 0 bridgehead atoms. The Hall–Kier alpha value is -1.78. The van der Waals surface area contributed by atoms with Crippen LogP contribution in [0.15, 0.2) is 48.7 Å². The van der Waals surface area contributed by atoms with Gasteiger partial charge in [-0.3, -0.25) is 9.88 Å². The van der Waals surface area contributed by atoms with Crippen LogP contribution in [0.3, 0.4) is 0 Å². The standard InChI is InChI=1S/C17H22FN3/c1-2-17(16-9-8-15(18)12-20-16)21(11-10-19)13-14-6-4-3-5-7-14/h3-9,12,17H,2,10-11,13,19H2,1H3. The summed E-state index contributed by atoms with van der Waals surface area (Å²) in [7, 11) is 0. The Labute approximate surface area is 125 Å². The van der Waals surface area contributed by atoms with E-state index in [1.165, 1.54) is 17.8 Å². The third kappa shape index (κ3) is 4.34. The van der Waals surface area contributed by atoms with Crippen LogP contribution in [0, 0.1) is 5.82 Å². The van der Waals surface area contributed by atoms with Crippen LogP contribution in [0.25, 0.3) is 0 Å². The molecule has 0 aliphatic rings. The summed E-state index contributed by atoms with van der Waals surface area (Å²) >= 11 is 0. The Kier molecular flexibility index (Phi) is 5.84. The summed E-state index contributed by atoms with van der Waals surface area (Å²) in [6.45, 7) is 4.30. The number of halogens is 1. The van der Waals surface area contributed by atoms with Crippen molar-refractivity contribution in [2.24, 2.45) is 5.73 Å². The minimum atomic E-state index is -0.304. The molecule has 112 valence electrons. The Morgan fingerprint density at radius 2 is 1.95 bits per heavy atom. The van der Waals surface area contributed by atoms with Crippen molar-refractivity contribution in [2.75, 3.05) is 13.1 Å². The molecule has 0 aliphatic heterocycles. The molecule has 0 fully saturated rings. The lowest BCUT2D eigenvalue weighted by molar-refractivity contribution is 0.184. The van der Waals surface area contributed by atoms with Gasteiger partial charge in [-0.1, -0.05) is 37.3 Å². The van der Waals surface area contributed by atoms with Crippen LogP contribution in [0.4, 0.5) is 4.39 Å². The molecule has 21 heavy (non-hydrogen) atoms. The summed E-state index contributed by atoms with van der Waals surface area (Å²) in [5, 5.41) is 0. The van der Waals surface area contributed by atoms with E-state index in [1.807, 2.05) is 18.2 Å². The SMILES string of the molecule is CCC(c1ccc(F)cn1)N(CCN)Cc1ccccc1. The Morgan fingerprint density at radius 1 is 1.19 bits per heavy atom. The molecule has 0 amide bonds. The van der Waals surface area contributed by atoms with Gasteiger partial charge in [0.1, 0.15) is 5.82 Å². The van der Waals surface area contributed by atoms with E-state index in [0.717, 1.165) is 25.2 Å². The van der Waals surface area contributed by atoms with Crippen molar-refractivity contribution in [3.63, 3.8) is 0 Å². The van der Waals surface area contributed by atoms with E-state index in [0.29, 0.717) is 6.54 Å². The van der Waals surface area contributed by atoms with Gasteiger partial charge >= 0.3 is 0 Å². The Balaban J connectivity index is 2.19. The summed E-state index contributed by atoms with van der Waals surface area (Å²) in [6, 6.07) is 13.7. The quantitative estimate of drug-likeness (QED) is 0.850. The van der Waals surface area contributed by atoms with Gasteiger partial charge in [0.15, 0.2) is 0 Å². The molecule has 0 saturated heterocycles. The van der Waals surface area contributed by atoms with Crippen LogP contribution < -0.4 is 5.73 Å². The van der Waals surface area contributed by atoms with Crippen molar-refractivity contribution in [1.82, 2.24) is 9.88 Å². The van der Waals surface area contributed by atoms with Crippen LogP contribution >= 0.6 is 0 Å².